The van der Waals surface area contributed by atoms with Gasteiger partial charge < -0.3 is 10.1 Å². The van der Waals surface area contributed by atoms with E-state index in [0.717, 1.165) is 0 Å². The zero-order chi connectivity index (χ0) is 6.85. The lowest BCUT2D eigenvalue weighted by molar-refractivity contribution is -0.555. The number of tetrazole rings is 1. The third kappa shape index (κ3) is 1.02. The number of aromatic nitrogens is 4. The van der Waals surface area contributed by atoms with E-state index in [9.17, 15) is 10.1 Å². The van der Waals surface area contributed by atoms with Gasteiger partial charge in [0.05, 0.1) is 9.82 Å². The van der Waals surface area contributed by atoms with Crippen molar-refractivity contribution in [3.05, 3.63) is 14.8 Å². The van der Waals surface area contributed by atoms with Gasteiger partial charge in [-0.1, -0.05) is 5.10 Å². The fraction of sp³-hybridized carbons (Fsp3) is 0. The lowest BCUT2D eigenvalue weighted by atomic mass is 11.4. The number of nitrogens with zero attached hydrogens (tertiary/aromatic N) is 5. The maximum absolute atomic E-state index is 9.88. The SMILES string of the molecule is O=[N+]([O-])n1nnnc1Br. The Hall–Kier alpha value is -1.05. The Balaban J connectivity index is 3.08. The maximum atomic E-state index is 9.88. The van der Waals surface area contributed by atoms with Gasteiger partial charge in [-0.05, 0) is 0 Å². The van der Waals surface area contributed by atoms with Crippen molar-refractivity contribution in [1.82, 2.24) is 20.3 Å². The van der Waals surface area contributed by atoms with Crippen molar-refractivity contribution in [2.45, 2.75) is 0 Å². The van der Waals surface area contributed by atoms with Gasteiger partial charge in [-0.25, -0.2) is 0 Å². The van der Waals surface area contributed by atoms with E-state index in [1.165, 1.54) is 0 Å². The van der Waals surface area contributed by atoms with E-state index in [2.05, 4.69) is 31.5 Å². The molecule has 1 aromatic heterocycles. The van der Waals surface area contributed by atoms with Gasteiger partial charge in [0.15, 0.2) is 0 Å². The average Bonchev–Trinajstić information content (AvgIpc) is 2.13. The molecule has 0 aliphatic heterocycles. The van der Waals surface area contributed by atoms with Crippen LogP contribution in [-0.2, 0) is 0 Å². The van der Waals surface area contributed by atoms with Crippen molar-refractivity contribution in [1.29, 1.82) is 0 Å². The summed E-state index contributed by atoms with van der Waals surface area (Å²) in [6, 6.07) is 0. The van der Waals surface area contributed by atoms with Gasteiger partial charge in [0.2, 0.25) is 5.21 Å². The van der Waals surface area contributed by atoms with E-state index < -0.39 is 5.03 Å². The Kier molecular flexibility index (Phi) is 1.39. The number of hydrogen-bond acceptors (Lipinski definition) is 5. The molecular weight excluding hydrogens is 194 g/mol. The Labute approximate surface area is 56.9 Å². The summed E-state index contributed by atoms with van der Waals surface area (Å²) in [4.78, 5) is 10.3. The Morgan fingerprint density at radius 3 is 2.67 bits per heavy atom. The first kappa shape index (κ1) is 6.08. The van der Waals surface area contributed by atoms with Gasteiger partial charge in [-0.15, -0.1) is 0 Å². The second kappa shape index (κ2) is 2.05. The quantitative estimate of drug-likeness (QED) is 0.443. The number of hydrogen-bond donors (Lipinski definition) is 0. The van der Waals surface area contributed by atoms with Gasteiger partial charge >= 0.3 is 0 Å². The van der Waals surface area contributed by atoms with Crippen LogP contribution in [-0.4, -0.2) is 25.3 Å². The van der Waals surface area contributed by atoms with Gasteiger partial charge in [-0.3, -0.25) is 0 Å². The zero-order valence-corrected chi connectivity index (χ0v) is 5.52. The largest absolute Gasteiger partial charge is 0.339 e. The smallest absolute Gasteiger partial charge is 0.290 e. The van der Waals surface area contributed by atoms with E-state index in [1.807, 2.05) is 0 Å². The lowest BCUT2D eigenvalue weighted by Crippen LogP contribution is -2.10. The van der Waals surface area contributed by atoms with Crippen LogP contribution < -0.4 is 0 Å². The molecular formula is CBrN5O2. The van der Waals surface area contributed by atoms with Gasteiger partial charge in [0.25, 0.3) is 4.73 Å². The molecule has 0 unspecified atom stereocenters. The molecule has 0 atom stereocenters. The molecule has 0 radical (unpaired) electrons. The van der Waals surface area contributed by atoms with Crippen molar-refractivity contribution in [2.24, 2.45) is 0 Å². The molecule has 48 valence electrons. The standard InChI is InChI=1S/CBrN5O2/c2-1-3-4-5-6(1)7(8)9. The summed E-state index contributed by atoms with van der Waals surface area (Å²) in [5, 5.41) is 18.4. The first-order chi connectivity index (χ1) is 4.22. The maximum Gasteiger partial charge on any atom is 0.290 e. The minimum absolute atomic E-state index is 0.0208. The monoisotopic (exact) mass is 193 g/mol. The first-order valence-electron chi connectivity index (χ1n) is 1.80. The van der Waals surface area contributed by atoms with E-state index in [-0.39, 0.29) is 4.73 Å². The van der Waals surface area contributed by atoms with Crippen LogP contribution >= 0.6 is 15.9 Å². The highest BCUT2D eigenvalue weighted by Crippen LogP contribution is 1.99. The summed E-state index contributed by atoms with van der Waals surface area (Å²) >= 11 is 2.75. The summed E-state index contributed by atoms with van der Waals surface area (Å²) in [5.74, 6) is 0. The van der Waals surface area contributed by atoms with E-state index in [1.54, 1.807) is 0 Å². The van der Waals surface area contributed by atoms with Crippen LogP contribution in [0.1, 0.15) is 0 Å². The van der Waals surface area contributed by atoms with Crippen molar-refractivity contribution >= 4 is 15.9 Å². The molecule has 0 saturated carbocycles. The Morgan fingerprint density at radius 1 is 1.78 bits per heavy atom. The molecule has 0 N–H and O–H groups in total. The molecule has 0 aliphatic carbocycles. The van der Waals surface area contributed by atoms with Crippen LogP contribution in [0.5, 0.6) is 0 Å². The summed E-state index contributed by atoms with van der Waals surface area (Å²) < 4.78 is -0.0208. The molecule has 0 aromatic carbocycles. The highest BCUT2D eigenvalue weighted by molar-refractivity contribution is 9.10. The molecule has 0 aliphatic rings. The van der Waals surface area contributed by atoms with Crippen molar-refractivity contribution in [3.8, 4) is 0 Å². The number of halogens is 1. The second-order valence-electron chi connectivity index (χ2n) is 1.08. The highest BCUT2D eigenvalue weighted by Gasteiger charge is 2.10. The lowest BCUT2D eigenvalue weighted by Gasteiger charge is -1.86. The number of nitro groups is 1. The predicted octanol–water partition coefficient (Wildman–Crippen LogP) is -0.525. The topological polar surface area (TPSA) is 86.7 Å². The zero-order valence-electron chi connectivity index (χ0n) is 3.93. The van der Waals surface area contributed by atoms with E-state index in [4.69, 9.17) is 0 Å². The predicted molar refractivity (Wildman–Crippen MR) is 27.9 cm³/mol. The minimum Gasteiger partial charge on any atom is -0.339 e. The molecule has 0 bridgehead atoms. The highest BCUT2D eigenvalue weighted by atomic mass is 79.9. The molecule has 1 rings (SSSR count). The summed E-state index contributed by atoms with van der Waals surface area (Å²) in [7, 11) is 0. The van der Waals surface area contributed by atoms with Gasteiger partial charge in [0, 0.05) is 15.9 Å². The molecule has 8 heteroatoms. The first-order valence-corrected chi connectivity index (χ1v) is 2.59. The van der Waals surface area contributed by atoms with Crippen molar-refractivity contribution < 1.29 is 5.03 Å². The third-order valence-electron chi connectivity index (χ3n) is 0.572. The summed E-state index contributed by atoms with van der Waals surface area (Å²) in [6.07, 6.45) is 0. The Bertz CT molecular complexity index is 231. The van der Waals surface area contributed by atoms with Crippen molar-refractivity contribution in [3.63, 3.8) is 0 Å². The van der Waals surface area contributed by atoms with Crippen LogP contribution in [0.25, 0.3) is 0 Å². The number of rotatable bonds is 1. The van der Waals surface area contributed by atoms with Crippen LogP contribution in [0.15, 0.2) is 4.73 Å². The van der Waals surface area contributed by atoms with Gasteiger partial charge in [-0.2, -0.15) is 0 Å². The Morgan fingerprint density at radius 2 is 2.44 bits per heavy atom. The normalized spacial score (nSPS) is 9.44. The van der Waals surface area contributed by atoms with Crippen LogP contribution in [0.2, 0.25) is 0 Å². The van der Waals surface area contributed by atoms with Crippen molar-refractivity contribution in [2.75, 3.05) is 0 Å². The van der Waals surface area contributed by atoms with E-state index in [0.29, 0.717) is 4.79 Å². The molecule has 7 nitrogen and oxygen atoms in total. The van der Waals surface area contributed by atoms with Crippen LogP contribution in [0.3, 0.4) is 0 Å². The molecule has 0 spiro atoms. The van der Waals surface area contributed by atoms with Crippen LogP contribution in [0, 0.1) is 10.1 Å². The summed E-state index contributed by atoms with van der Waals surface area (Å²) in [6.45, 7) is 0. The summed E-state index contributed by atoms with van der Waals surface area (Å²) in [5.41, 5.74) is 0. The molecule has 0 saturated heterocycles. The molecule has 9 heavy (non-hydrogen) atoms. The minimum atomic E-state index is -0.746. The van der Waals surface area contributed by atoms with E-state index >= 15 is 0 Å². The second-order valence-corrected chi connectivity index (χ2v) is 1.78. The molecule has 1 heterocycles. The molecule has 0 amide bonds. The fourth-order valence-corrected chi connectivity index (χ4v) is 0.543. The third-order valence-corrected chi connectivity index (χ3v) is 1.05. The fourth-order valence-electron chi connectivity index (χ4n) is 0.272. The van der Waals surface area contributed by atoms with Gasteiger partial charge in [0.1, 0.15) is 5.21 Å². The molecule has 0 fully saturated rings. The molecule has 1 aromatic rings. The van der Waals surface area contributed by atoms with Crippen LogP contribution in [0.4, 0.5) is 0 Å². The average molecular weight is 194 g/mol.